The number of carbonyl (C=O) groups excluding carboxylic acids is 2. The lowest BCUT2D eigenvalue weighted by Crippen LogP contribution is -2.32. The molecule has 0 aromatic heterocycles. The zero-order valence-corrected chi connectivity index (χ0v) is 15.0. The largest absolute Gasteiger partial charge is 0.322 e. The minimum atomic E-state index is -0.299. The monoisotopic (exact) mass is 300 g/mol. The fourth-order valence-electron chi connectivity index (χ4n) is 1.72. The van der Waals surface area contributed by atoms with Gasteiger partial charge in [-0.1, -0.05) is 54.9 Å². The Balaban J connectivity index is 0. The van der Waals surface area contributed by atoms with Crippen LogP contribution < -0.4 is 11.5 Å². The Labute approximate surface area is 131 Å². The van der Waals surface area contributed by atoms with E-state index >= 15 is 0 Å². The van der Waals surface area contributed by atoms with E-state index in [9.17, 15) is 9.59 Å². The van der Waals surface area contributed by atoms with Crippen molar-refractivity contribution in [3.8, 4) is 0 Å². The standard InChI is InChI=1S/C9H19NO.C8H17NO/c1-7(2)9(3,4)5-8(10)6-11;1-4-8(2,3)5-7(9)6-10/h6-8H,5,10H2,1-4H3;6-7H,4-5,9H2,1-3H3/t8-;7-/m00/s1. The van der Waals surface area contributed by atoms with Crippen LogP contribution in [-0.2, 0) is 9.59 Å². The summed E-state index contributed by atoms with van der Waals surface area (Å²) < 4.78 is 0. The quantitative estimate of drug-likeness (QED) is 0.675. The fourth-order valence-corrected chi connectivity index (χ4v) is 1.72. The summed E-state index contributed by atoms with van der Waals surface area (Å²) >= 11 is 0. The maximum absolute atomic E-state index is 10.3. The molecule has 0 aliphatic carbocycles. The van der Waals surface area contributed by atoms with Crippen LogP contribution in [0.2, 0.25) is 0 Å². The average Bonchev–Trinajstić information content (AvgIpc) is 2.38. The summed E-state index contributed by atoms with van der Waals surface area (Å²) in [6, 6.07) is -0.581. The van der Waals surface area contributed by atoms with E-state index in [0.29, 0.717) is 5.92 Å². The summed E-state index contributed by atoms with van der Waals surface area (Å²) in [5, 5.41) is 0. The van der Waals surface area contributed by atoms with Gasteiger partial charge in [-0.2, -0.15) is 0 Å². The predicted octanol–water partition coefficient (Wildman–Crippen LogP) is 2.92. The number of nitrogens with two attached hydrogens (primary N) is 2. The zero-order valence-electron chi connectivity index (χ0n) is 15.0. The van der Waals surface area contributed by atoms with Gasteiger partial charge in [0.15, 0.2) is 0 Å². The van der Waals surface area contributed by atoms with E-state index < -0.39 is 0 Å². The molecule has 0 saturated carbocycles. The molecule has 0 aromatic carbocycles. The molecule has 21 heavy (non-hydrogen) atoms. The maximum Gasteiger partial charge on any atom is 0.136 e. The molecule has 4 heteroatoms. The molecule has 0 radical (unpaired) electrons. The van der Waals surface area contributed by atoms with Crippen molar-refractivity contribution in [3.63, 3.8) is 0 Å². The van der Waals surface area contributed by atoms with Gasteiger partial charge in [0, 0.05) is 0 Å². The van der Waals surface area contributed by atoms with E-state index in [-0.39, 0.29) is 22.9 Å². The van der Waals surface area contributed by atoms with E-state index in [1.54, 1.807) is 0 Å². The van der Waals surface area contributed by atoms with Crippen molar-refractivity contribution >= 4 is 12.6 Å². The molecule has 0 unspecified atom stereocenters. The third kappa shape index (κ3) is 11.6. The summed E-state index contributed by atoms with van der Waals surface area (Å²) in [7, 11) is 0. The lowest BCUT2D eigenvalue weighted by atomic mass is 9.76. The fraction of sp³-hybridized carbons (Fsp3) is 0.882. The molecule has 0 bridgehead atoms. The molecular formula is C17H36N2O2. The number of hydrogen-bond donors (Lipinski definition) is 2. The van der Waals surface area contributed by atoms with Crippen LogP contribution >= 0.6 is 0 Å². The molecule has 0 aliphatic rings. The van der Waals surface area contributed by atoms with Gasteiger partial charge >= 0.3 is 0 Å². The topological polar surface area (TPSA) is 86.2 Å². The van der Waals surface area contributed by atoms with Crippen molar-refractivity contribution < 1.29 is 9.59 Å². The maximum atomic E-state index is 10.3. The highest BCUT2D eigenvalue weighted by Gasteiger charge is 2.24. The van der Waals surface area contributed by atoms with Crippen molar-refractivity contribution in [3.05, 3.63) is 0 Å². The molecule has 2 atom stereocenters. The number of aldehydes is 2. The van der Waals surface area contributed by atoms with Gasteiger partial charge in [-0.25, -0.2) is 0 Å². The van der Waals surface area contributed by atoms with Crippen LogP contribution in [0.4, 0.5) is 0 Å². The highest BCUT2D eigenvalue weighted by Crippen LogP contribution is 2.30. The van der Waals surface area contributed by atoms with Gasteiger partial charge < -0.3 is 21.1 Å². The second-order valence-electron chi connectivity index (χ2n) is 7.67. The second kappa shape index (κ2) is 10.1. The molecule has 126 valence electrons. The Morgan fingerprint density at radius 3 is 1.57 bits per heavy atom. The van der Waals surface area contributed by atoms with Crippen molar-refractivity contribution in [1.82, 2.24) is 0 Å². The van der Waals surface area contributed by atoms with Crippen LogP contribution in [0.3, 0.4) is 0 Å². The predicted molar refractivity (Wildman–Crippen MR) is 90.0 cm³/mol. The first-order valence-electron chi connectivity index (χ1n) is 7.83. The number of rotatable bonds is 8. The van der Waals surface area contributed by atoms with Crippen LogP contribution in [0.25, 0.3) is 0 Å². The molecule has 0 amide bonds. The molecule has 0 heterocycles. The van der Waals surface area contributed by atoms with Crippen molar-refractivity contribution in [2.45, 2.75) is 79.8 Å². The van der Waals surface area contributed by atoms with Crippen LogP contribution in [0.1, 0.15) is 67.7 Å². The number of carbonyl (C=O) groups is 2. The van der Waals surface area contributed by atoms with Crippen LogP contribution in [0, 0.1) is 16.7 Å². The van der Waals surface area contributed by atoms with Crippen molar-refractivity contribution in [1.29, 1.82) is 0 Å². The highest BCUT2D eigenvalue weighted by molar-refractivity contribution is 5.57. The van der Waals surface area contributed by atoms with E-state index in [1.165, 1.54) is 0 Å². The lowest BCUT2D eigenvalue weighted by Gasteiger charge is -2.30. The number of hydrogen-bond acceptors (Lipinski definition) is 4. The van der Waals surface area contributed by atoms with Crippen LogP contribution in [-0.4, -0.2) is 24.7 Å². The molecule has 0 aromatic rings. The summed E-state index contributed by atoms with van der Waals surface area (Å²) in [5.41, 5.74) is 11.4. The van der Waals surface area contributed by atoms with E-state index in [0.717, 1.165) is 31.8 Å². The Morgan fingerprint density at radius 1 is 0.905 bits per heavy atom. The summed E-state index contributed by atoms with van der Waals surface area (Å²) in [5.74, 6) is 0.563. The van der Waals surface area contributed by atoms with Crippen molar-refractivity contribution in [2.24, 2.45) is 28.2 Å². The van der Waals surface area contributed by atoms with E-state index in [1.807, 2.05) is 0 Å². The summed E-state index contributed by atoms with van der Waals surface area (Å²) in [6.07, 6.45) is 4.26. The Hall–Kier alpha value is -0.740. The van der Waals surface area contributed by atoms with E-state index in [2.05, 4.69) is 48.5 Å². The molecule has 0 spiro atoms. The zero-order chi connectivity index (χ0) is 17.3. The van der Waals surface area contributed by atoms with Crippen LogP contribution in [0.15, 0.2) is 0 Å². The summed E-state index contributed by atoms with van der Waals surface area (Å²) in [4.78, 5) is 20.5. The first-order valence-corrected chi connectivity index (χ1v) is 7.83. The molecule has 0 saturated heterocycles. The average molecular weight is 300 g/mol. The molecule has 0 fully saturated rings. The van der Waals surface area contributed by atoms with Gasteiger partial charge in [0.05, 0.1) is 12.1 Å². The van der Waals surface area contributed by atoms with Crippen LogP contribution in [0.5, 0.6) is 0 Å². The Morgan fingerprint density at radius 2 is 1.29 bits per heavy atom. The minimum Gasteiger partial charge on any atom is -0.322 e. The van der Waals surface area contributed by atoms with E-state index in [4.69, 9.17) is 11.5 Å². The van der Waals surface area contributed by atoms with Crippen molar-refractivity contribution in [2.75, 3.05) is 0 Å². The third-order valence-corrected chi connectivity index (χ3v) is 4.42. The SMILES string of the molecule is CC(C)C(C)(C)C[C@H](N)C=O.CCC(C)(C)C[C@H](N)C=O. The van der Waals surface area contributed by atoms with Gasteiger partial charge in [0.1, 0.15) is 12.6 Å². The minimum absolute atomic E-state index is 0.167. The van der Waals surface area contributed by atoms with Gasteiger partial charge in [0.25, 0.3) is 0 Å². The summed E-state index contributed by atoms with van der Waals surface area (Å²) in [6.45, 7) is 14.9. The van der Waals surface area contributed by atoms with Gasteiger partial charge in [-0.05, 0) is 29.6 Å². The second-order valence-corrected chi connectivity index (χ2v) is 7.67. The van der Waals surface area contributed by atoms with Gasteiger partial charge in [-0.15, -0.1) is 0 Å². The molecule has 4 N–H and O–H groups in total. The first kappa shape index (κ1) is 22.5. The molecule has 0 rings (SSSR count). The lowest BCUT2D eigenvalue weighted by molar-refractivity contribution is -0.110. The Kier molecular flexibility index (Phi) is 10.8. The Bertz CT molecular complexity index is 299. The third-order valence-electron chi connectivity index (χ3n) is 4.42. The molecule has 4 nitrogen and oxygen atoms in total. The highest BCUT2D eigenvalue weighted by atomic mass is 16.1. The first-order chi connectivity index (χ1) is 9.41. The normalized spacial score (nSPS) is 15.0. The van der Waals surface area contributed by atoms with Gasteiger partial charge in [0.2, 0.25) is 0 Å². The molecule has 0 aliphatic heterocycles. The smallest absolute Gasteiger partial charge is 0.136 e. The molecular weight excluding hydrogens is 264 g/mol. The van der Waals surface area contributed by atoms with Gasteiger partial charge in [-0.3, -0.25) is 0 Å².